The Morgan fingerprint density at radius 2 is 1.91 bits per heavy atom. The van der Waals surface area contributed by atoms with Crippen molar-refractivity contribution in [1.29, 1.82) is 0 Å². The molecule has 8 heteroatoms. The summed E-state index contributed by atoms with van der Waals surface area (Å²) in [6.45, 7) is 0.695. The number of carbonyl (C=O) groups is 1. The van der Waals surface area contributed by atoms with Crippen molar-refractivity contribution in [2.45, 2.75) is 25.3 Å². The Morgan fingerprint density at radius 3 is 2.75 bits per heavy atom. The lowest BCUT2D eigenvalue weighted by Gasteiger charge is -2.24. The minimum absolute atomic E-state index is 0.00975. The molecule has 1 fully saturated rings. The van der Waals surface area contributed by atoms with Crippen molar-refractivity contribution in [2.24, 2.45) is 0 Å². The number of likely N-dealkylation sites (tertiary alicyclic amines) is 1. The van der Waals surface area contributed by atoms with Gasteiger partial charge in [0, 0.05) is 35.4 Å². The SMILES string of the molecule is O=C(c1cccc(-n2cnnc2)c1)N1CCCC1c1cncc(Cc2cccc(Cl)c2)n1. The van der Waals surface area contributed by atoms with E-state index in [2.05, 4.69) is 15.2 Å². The highest BCUT2D eigenvalue weighted by Gasteiger charge is 2.32. The van der Waals surface area contributed by atoms with E-state index in [-0.39, 0.29) is 11.9 Å². The van der Waals surface area contributed by atoms with E-state index in [1.54, 1.807) is 29.6 Å². The van der Waals surface area contributed by atoms with Gasteiger partial charge in [0.05, 0.1) is 23.6 Å². The summed E-state index contributed by atoms with van der Waals surface area (Å²) >= 11 is 6.11. The number of hydrogen-bond donors (Lipinski definition) is 0. The third-order valence-electron chi connectivity index (χ3n) is 5.64. The predicted octanol–water partition coefficient (Wildman–Crippen LogP) is 4.28. The molecular weight excluding hydrogens is 424 g/mol. The van der Waals surface area contributed by atoms with Crippen LogP contribution in [0.2, 0.25) is 5.02 Å². The smallest absolute Gasteiger partial charge is 0.254 e. The van der Waals surface area contributed by atoms with Crippen LogP contribution in [0.3, 0.4) is 0 Å². The first kappa shape index (κ1) is 20.3. The van der Waals surface area contributed by atoms with Crippen LogP contribution in [0.15, 0.2) is 73.6 Å². The highest BCUT2D eigenvalue weighted by atomic mass is 35.5. The molecule has 0 spiro atoms. The fraction of sp³-hybridized carbons (Fsp3) is 0.208. The first-order valence-corrected chi connectivity index (χ1v) is 10.9. The van der Waals surface area contributed by atoms with Gasteiger partial charge < -0.3 is 4.90 Å². The number of nitrogens with zero attached hydrogens (tertiary/aromatic N) is 6. The molecule has 160 valence electrons. The van der Waals surface area contributed by atoms with Crippen LogP contribution in [0.25, 0.3) is 5.69 Å². The molecule has 5 rings (SSSR count). The summed E-state index contributed by atoms with van der Waals surface area (Å²) in [5.74, 6) is -0.00975. The van der Waals surface area contributed by atoms with Gasteiger partial charge in [-0.3, -0.25) is 19.3 Å². The monoisotopic (exact) mass is 444 g/mol. The maximum atomic E-state index is 13.4. The molecule has 4 aromatic rings. The van der Waals surface area contributed by atoms with Gasteiger partial charge in [0.25, 0.3) is 5.91 Å². The molecule has 1 unspecified atom stereocenters. The van der Waals surface area contributed by atoms with Gasteiger partial charge in [-0.15, -0.1) is 10.2 Å². The summed E-state index contributed by atoms with van der Waals surface area (Å²) in [6.07, 6.45) is 9.21. The van der Waals surface area contributed by atoms with Gasteiger partial charge in [0.15, 0.2) is 0 Å². The molecule has 0 N–H and O–H groups in total. The van der Waals surface area contributed by atoms with Crippen LogP contribution in [-0.4, -0.2) is 42.1 Å². The van der Waals surface area contributed by atoms with E-state index >= 15 is 0 Å². The van der Waals surface area contributed by atoms with Gasteiger partial charge in [-0.2, -0.15) is 0 Å². The number of carbonyl (C=O) groups excluding carboxylic acids is 1. The number of hydrogen-bond acceptors (Lipinski definition) is 5. The highest BCUT2D eigenvalue weighted by molar-refractivity contribution is 6.30. The normalized spacial score (nSPS) is 15.8. The molecule has 1 aliphatic heterocycles. The van der Waals surface area contributed by atoms with Crippen molar-refractivity contribution in [3.05, 3.63) is 101 Å². The van der Waals surface area contributed by atoms with Gasteiger partial charge >= 0.3 is 0 Å². The van der Waals surface area contributed by atoms with Gasteiger partial charge in [-0.1, -0.05) is 29.8 Å². The van der Waals surface area contributed by atoms with Crippen LogP contribution >= 0.6 is 11.6 Å². The molecule has 0 aliphatic carbocycles. The third kappa shape index (κ3) is 4.24. The topological polar surface area (TPSA) is 76.8 Å². The molecule has 1 atom stereocenters. The maximum absolute atomic E-state index is 13.4. The summed E-state index contributed by atoms with van der Waals surface area (Å²) in [4.78, 5) is 24.5. The molecule has 7 nitrogen and oxygen atoms in total. The molecule has 1 aliphatic rings. The number of benzene rings is 2. The summed E-state index contributed by atoms with van der Waals surface area (Å²) in [6, 6.07) is 15.2. The molecule has 0 saturated carbocycles. The quantitative estimate of drug-likeness (QED) is 0.459. The van der Waals surface area contributed by atoms with Crippen LogP contribution in [0.1, 0.15) is 46.2 Å². The summed E-state index contributed by atoms with van der Waals surface area (Å²) in [7, 11) is 0. The second kappa shape index (κ2) is 8.88. The fourth-order valence-corrected chi connectivity index (χ4v) is 4.35. The number of halogens is 1. The maximum Gasteiger partial charge on any atom is 0.254 e. The minimum Gasteiger partial charge on any atom is -0.330 e. The number of aromatic nitrogens is 5. The molecule has 2 aromatic heterocycles. The Morgan fingerprint density at radius 1 is 1.06 bits per heavy atom. The second-order valence-electron chi connectivity index (χ2n) is 7.82. The van der Waals surface area contributed by atoms with Crippen LogP contribution in [0, 0.1) is 0 Å². The van der Waals surface area contributed by atoms with Gasteiger partial charge in [0.1, 0.15) is 12.7 Å². The molecule has 2 aromatic carbocycles. The molecule has 1 amide bonds. The van der Waals surface area contributed by atoms with Crippen LogP contribution in [-0.2, 0) is 6.42 Å². The van der Waals surface area contributed by atoms with E-state index in [0.717, 1.165) is 35.5 Å². The van der Waals surface area contributed by atoms with Crippen molar-refractivity contribution in [1.82, 2.24) is 29.6 Å². The van der Waals surface area contributed by atoms with Crippen LogP contribution in [0.5, 0.6) is 0 Å². The molecule has 3 heterocycles. The Hall–Kier alpha value is -3.58. The lowest BCUT2D eigenvalue weighted by molar-refractivity contribution is 0.0732. The standard InChI is InChI=1S/C24H21ClN6O/c25-19-6-1-4-17(10-19)11-20-13-26-14-22(29-20)23-8-3-9-31(23)24(32)18-5-2-7-21(12-18)30-15-27-28-16-30/h1-2,4-7,10,12-16,23H,3,8-9,11H2. The van der Waals surface area contributed by atoms with Crippen molar-refractivity contribution in [3.63, 3.8) is 0 Å². The zero-order valence-electron chi connectivity index (χ0n) is 17.3. The number of amides is 1. The van der Waals surface area contributed by atoms with Gasteiger partial charge in [-0.05, 0) is 48.7 Å². The van der Waals surface area contributed by atoms with E-state index in [1.807, 2.05) is 53.4 Å². The Bertz CT molecular complexity index is 1240. The van der Waals surface area contributed by atoms with Crippen molar-refractivity contribution in [2.75, 3.05) is 6.54 Å². The number of rotatable bonds is 5. The zero-order valence-corrected chi connectivity index (χ0v) is 18.1. The second-order valence-corrected chi connectivity index (χ2v) is 8.25. The van der Waals surface area contributed by atoms with E-state index in [1.165, 1.54) is 0 Å². The highest BCUT2D eigenvalue weighted by Crippen LogP contribution is 2.32. The summed E-state index contributed by atoms with van der Waals surface area (Å²) < 4.78 is 1.78. The molecule has 0 bridgehead atoms. The van der Waals surface area contributed by atoms with E-state index in [0.29, 0.717) is 23.6 Å². The first-order valence-electron chi connectivity index (χ1n) is 10.5. The lowest BCUT2D eigenvalue weighted by atomic mass is 10.1. The van der Waals surface area contributed by atoms with E-state index < -0.39 is 0 Å². The van der Waals surface area contributed by atoms with Crippen molar-refractivity contribution >= 4 is 17.5 Å². The Balaban J connectivity index is 1.38. The first-order chi connectivity index (χ1) is 15.7. The Labute approximate surface area is 190 Å². The fourth-order valence-electron chi connectivity index (χ4n) is 4.14. The zero-order chi connectivity index (χ0) is 21.9. The van der Waals surface area contributed by atoms with Gasteiger partial charge in [-0.25, -0.2) is 0 Å². The van der Waals surface area contributed by atoms with Crippen LogP contribution < -0.4 is 0 Å². The third-order valence-corrected chi connectivity index (χ3v) is 5.88. The Kier molecular flexibility index (Phi) is 5.64. The van der Waals surface area contributed by atoms with E-state index in [4.69, 9.17) is 16.6 Å². The summed E-state index contributed by atoms with van der Waals surface area (Å²) in [5, 5.41) is 8.38. The summed E-state index contributed by atoms with van der Waals surface area (Å²) in [5.41, 5.74) is 4.24. The minimum atomic E-state index is -0.0899. The van der Waals surface area contributed by atoms with Crippen molar-refractivity contribution in [3.8, 4) is 5.69 Å². The predicted molar refractivity (Wildman–Crippen MR) is 121 cm³/mol. The molecular formula is C24H21ClN6O. The largest absolute Gasteiger partial charge is 0.330 e. The average Bonchev–Trinajstić information content (AvgIpc) is 3.51. The van der Waals surface area contributed by atoms with Crippen LogP contribution in [0.4, 0.5) is 0 Å². The lowest BCUT2D eigenvalue weighted by Crippen LogP contribution is -2.31. The van der Waals surface area contributed by atoms with E-state index in [9.17, 15) is 4.79 Å². The molecule has 32 heavy (non-hydrogen) atoms. The van der Waals surface area contributed by atoms with Crippen molar-refractivity contribution < 1.29 is 4.79 Å². The molecule has 0 radical (unpaired) electrons. The van der Waals surface area contributed by atoms with Gasteiger partial charge in [0.2, 0.25) is 0 Å². The average molecular weight is 445 g/mol. The molecule has 1 saturated heterocycles.